The standard InChI is InChI=1S/C12H22N2O2/c1-14-7-3-10(11(14)15)13-9-12(4-5-12)6-8-16-2/h10,13H,3-9H2,1-2H3. The smallest absolute Gasteiger partial charge is 0.239 e. The number of amides is 1. The van der Waals surface area contributed by atoms with Gasteiger partial charge in [0.2, 0.25) is 5.91 Å². The predicted molar refractivity (Wildman–Crippen MR) is 62.2 cm³/mol. The van der Waals surface area contributed by atoms with Crippen LogP contribution in [0.25, 0.3) is 0 Å². The summed E-state index contributed by atoms with van der Waals surface area (Å²) in [6.07, 6.45) is 4.63. The van der Waals surface area contributed by atoms with Crippen LogP contribution in [0.4, 0.5) is 0 Å². The van der Waals surface area contributed by atoms with Gasteiger partial charge in [0.25, 0.3) is 0 Å². The Morgan fingerprint density at radius 1 is 1.56 bits per heavy atom. The van der Waals surface area contributed by atoms with Crippen LogP contribution in [0.1, 0.15) is 25.7 Å². The van der Waals surface area contributed by atoms with Gasteiger partial charge >= 0.3 is 0 Å². The highest BCUT2D eigenvalue weighted by atomic mass is 16.5. The van der Waals surface area contributed by atoms with Gasteiger partial charge in [-0.1, -0.05) is 0 Å². The first-order chi connectivity index (χ1) is 7.67. The number of methoxy groups -OCH3 is 1. The third-order valence-electron chi connectivity index (χ3n) is 3.94. The first kappa shape index (κ1) is 11.9. The molecule has 0 spiro atoms. The maximum atomic E-state index is 11.7. The van der Waals surface area contributed by atoms with E-state index in [2.05, 4.69) is 5.32 Å². The van der Waals surface area contributed by atoms with Gasteiger partial charge in [-0.25, -0.2) is 0 Å². The van der Waals surface area contributed by atoms with Crippen LogP contribution in [0.15, 0.2) is 0 Å². The summed E-state index contributed by atoms with van der Waals surface area (Å²) in [6, 6.07) is 0.0602. The van der Waals surface area contributed by atoms with E-state index in [0.29, 0.717) is 5.41 Å². The molecular formula is C12H22N2O2. The number of hydrogen-bond donors (Lipinski definition) is 1. The highest BCUT2D eigenvalue weighted by Gasteiger charge is 2.43. The number of hydrogen-bond acceptors (Lipinski definition) is 3. The molecule has 1 heterocycles. The highest BCUT2D eigenvalue weighted by molar-refractivity contribution is 5.83. The monoisotopic (exact) mass is 226 g/mol. The highest BCUT2D eigenvalue weighted by Crippen LogP contribution is 2.48. The van der Waals surface area contributed by atoms with E-state index in [0.717, 1.165) is 32.5 Å². The first-order valence-corrected chi connectivity index (χ1v) is 6.14. The van der Waals surface area contributed by atoms with Gasteiger partial charge in [0, 0.05) is 33.9 Å². The summed E-state index contributed by atoms with van der Waals surface area (Å²) >= 11 is 0. The Morgan fingerprint density at radius 3 is 2.81 bits per heavy atom. The van der Waals surface area contributed by atoms with E-state index in [-0.39, 0.29) is 11.9 Å². The van der Waals surface area contributed by atoms with Crippen LogP contribution in [0, 0.1) is 5.41 Å². The molecule has 2 rings (SSSR count). The number of carbonyl (C=O) groups excluding carboxylic acids is 1. The number of carbonyl (C=O) groups is 1. The molecule has 4 heteroatoms. The molecule has 4 nitrogen and oxygen atoms in total. The lowest BCUT2D eigenvalue weighted by atomic mass is 10.0. The summed E-state index contributed by atoms with van der Waals surface area (Å²) in [5.74, 6) is 0.252. The Kier molecular flexibility index (Phi) is 3.50. The molecule has 2 aliphatic rings. The minimum absolute atomic E-state index is 0.0602. The van der Waals surface area contributed by atoms with Crippen LogP contribution in [-0.2, 0) is 9.53 Å². The van der Waals surface area contributed by atoms with Crippen molar-refractivity contribution in [3.05, 3.63) is 0 Å². The molecule has 0 bridgehead atoms. The second-order valence-corrected chi connectivity index (χ2v) is 5.22. The molecule has 1 unspecified atom stereocenters. The molecule has 1 atom stereocenters. The largest absolute Gasteiger partial charge is 0.385 e. The quantitative estimate of drug-likeness (QED) is 0.722. The molecule has 1 saturated carbocycles. The van der Waals surface area contributed by atoms with E-state index in [4.69, 9.17) is 4.74 Å². The molecule has 16 heavy (non-hydrogen) atoms. The summed E-state index contributed by atoms with van der Waals surface area (Å²) in [6.45, 7) is 2.70. The Hall–Kier alpha value is -0.610. The van der Waals surface area contributed by atoms with Crippen molar-refractivity contribution in [1.29, 1.82) is 0 Å². The topological polar surface area (TPSA) is 41.6 Å². The van der Waals surface area contributed by atoms with Gasteiger partial charge in [0.1, 0.15) is 0 Å². The number of nitrogens with zero attached hydrogens (tertiary/aromatic N) is 1. The van der Waals surface area contributed by atoms with Crippen molar-refractivity contribution < 1.29 is 9.53 Å². The molecule has 0 aromatic carbocycles. The van der Waals surface area contributed by atoms with Gasteiger partial charge in [-0.3, -0.25) is 4.79 Å². The minimum atomic E-state index is 0.0602. The average Bonchev–Trinajstić information content (AvgIpc) is 2.99. The average molecular weight is 226 g/mol. The molecule has 0 aromatic rings. The van der Waals surface area contributed by atoms with Crippen molar-refractivity contribution >= 4 is 5.91 Å². The van der Waals surface area contributed by atoms with Crippen LogP contribution >= 0.6 is 0 Å². The molecule has 1 aliphatic carbocycles. The maximum absolute atomic E-state index is 11.7. The molecule has 0 radical (unpaired) electrons. The van der Waals surface area contributed by atoms with E-state index in [1.807, 2.05) is 11.9 Å². The fraction of sp³-hybridized carbons (Fsp3) is 0.917. The zero-order chi connectivity index (χ0) is 11.6. The van der Waals surface area contributed by atoms with Crippen LogP contribution < -0.4 is 5.32 Å². The van der Waals surface area contributed by atoms with Gasteiger partial charge in [-0.15, -0.1) is 0 Å². The Morgan fingerprint density at radius 2 is 2.31 bits per heavy atom. The van der Waals surface area contributed by atoms with E-state index in [9.17, 15) is 4.79 Å². The van der Waals surface area contributed by atoms with Crippen molar-refractivity contribution in [3.63, 3.8) is 0 Å². The molecular weight excluding hydrogens is 204 g/mol. The van der Waals surface area contributed by atoms with Crippen molar-refractivity contribution in [2.24, 2.45) is 5.41 Å². The van der Waals surface area contributed by atoms with Gasteiger partial charge in [0.05, 0.1) is 6.04 Å². The molecule has 2 fully saturated rings. The van der Waals surface area contributed by atoms with Crippen molar-refractivity contribution in [2.45, 2.75) is 31.7 Å². The number of ether oxygens (including phenoxy) is 1. The van der Waals surface area contributed by atoms with E-state index < -0.39 is 0 Å². The molecule has 1 saturated heterocycles. The fourth-order valence-electron chi connectivity index (χ4n) is 2.36. The summed E-state index contributed by atoms with van der Waals surface area (Å²) in [7, 11) is 3.63. The Bertz CT molecular complexity index is 264. The molecule has 0 aromatic heterocycles. The molecule has 92 valence electrons. The van der Waals surface area contributed by atoms with Crippen LogP contribution in [0.3, 0.4) is 0 Å². The van der Waals surface area contributed by atoms with Crippen molar-refractivity contribution in [1.82, 2.24) is 10.2 Å². The lowest BCUT2D eigenvalue weighted by Gasteiger charge is -2.18. The zero-order valence-corrected chi connectivity index (χ0v) is 10.3. The van der Waals surface area contributed by atoms with Gasteiger partial charge in [0.15, 0.2) is 0 Å². The summed E-state index contributed by atoms with van der Waals surface area (Å²) < 4.78 is 5.12. The van der Waals surface area contributed by atoms with Crippen molar-refractivity contribution in [3.8, 4) is 0 Å². The molecule has 1 aliphatic heterocycles. The van der Waals surface area contributed by atoms with Gasteiger partial charge < -0.3 is 15.0 Å². The number of rotatable bonds is 6. The second-order valence-electron chi connectivity index (χ2n) is 5.22. The zero-order valence-electron chi connectivity index (χ0n) is 10.3. The third kappa shape index (κ3) is 2.55. The van der Waals surface area contributed by atoms with Crippen LogP contribution in [0.5, 0.6) is 0 Å². The summed E-state index contributed by atoms with van der Waals surface area (Å²) in [5.41, 5.74) is 0.428. The van der Waals surface area contributed by atoms with Gasteiger partial charge in [-0.2, -0.15) is 0 Å². The number of likely N-dealkylation sites (N-methyl/N-ethyl adjacent to an activating group) is 1. The van der Waals surface area contributed by atoms with Gasteiger partial charge in [-0.05, 0) is 31.1 Å². The van der Waals surface area contributed by atoms with Crippen LogP contribution in [-0.4, -0.2) is 50.7 Å². The normalized spacial score (nSPS) is 27.5. The number of likely N-dealkylation sites (tertiary alicyclic amines) is 1. The minimum Gasteiger partial charge on any atom is -0.385 e. The summed E-state index contributed by atoms with van der Waals surface area (Å²) in [5, 5.41) is 3.43. The third-order valence-corrected chi connectivity index (χ3v) is 3.94. The second kappa shape index (κ2) is 4.72. The molecule has 1 amide bonds. The SMILES string of the molecule is COCCC1(CNC2CCN(C)C2=O)CC1. The number of nitrogens with one attached hydrogen (secondary N) is 1. The fourth-order valence-corrected chi connectivity index (χ4v) is 2.36. The van der Waals surface area contributed by atoms with E-state index in [1.165, 1.54) is 12.8 Å². The Labute approximate surface area is 97.3 Å². The molecule has 1 N–H and O–H groups in total. The van der Waals surface area contributed by atoms with E-state index in [1.54, 1.807) is 7.11 Å². The maximum Gasteiger partial charge on any atom is 0.239 e. The Balaban J connectivity index is 1.73. The first-order valence-electron chi connectivity index (χ1n) is 6.14. The predicted octanol–water partition coefficient (Wildman–Crippen LogP) is 0.623. The van der Waals surface area contributed by atoms with Crippen molar-refractivity contribution in [2.75, 3.05) is 33.9 Å². The summed E-state index contributed by atoms with van der Waals surface area (Å²) in [4.78, 5) is 13.5. The lowest BCUT2D eigenvalue weighted by molar-refractivity contribution is -0.128. The van der Waals surface area contributed by atoms with E-state index >= 15 is 0 Å². The van der Waals surface area contributed by atoms with Crippen LogP contribution in [0.2, 0.25) is 0 Å². The lowest BCUT2D eigenvalue weighted by Crippen LogP contribution is -2.40.